The summed E-state index contributed by atoms with van der Waals surface area (Å²) in [5.41, 5.74) is 2.71. The molecule has 0 saturated carbocycles. The summed E-state index contributed by atoms with van der Waals surface area (Å²) >= 11 is 0. The van der Waals surface area contributed by atoms with Crippen LogP contribution in [0.25, 0.3) is 0 Å². The molecule has 1 amide bonds. The summed E-state index contributed by atoms with van der Waals surface area (Å²) in [5.74, 6) is 0.0191. The Morgan fingerprint density at radius 1 is 1.19 bits per heavy atom. The Hall–Kier alpha value is -2.93. The Kier molecular flexibility index (Phi) is 6.82. The lowest BCUT2D eigenvalue weighted by molar-refractivity contribution is 0.0527. The largest absolute Gasteiger partial charge is 0.491 e. The minimum absolute atomic E-state index is 0.101. The van der Waals surface area contributed by atoms with Crippen LogP contribution in [-0.2, 0) is 22.3 Å². The van der Waals surface area contributed by atoms with E-state index in [0.717, 1.165) is 56.4 Å². The molecule has 1 aromatic carbocycles. The van der Waals surface area contributed by atoms with Crippen LogP contribution in [0.5, 0.6) is 5.75 Å². The van der Waals surface area contributed by atoms with E-state index in [1.54, 1.807) is 25.1 Å². The zero-order valence-electron chi connectivity index (χ0n) is 17.8. The van der Waals surface area contributed by atoms with Gasteiger partial charge in [-0.25, -0.2) is 9.78 Å². The van der Waals surface area contributed by atoms with Crippen molar-refractivity contribution in [2.24, 2.45) is 0 Å². The van der Waals surface area contributed by atoms with E-state index in [-0.39, 0.29) is 24.4 Å². The highest BCUT2D eigenvalue weighted by atomic mass is 16.5. The van der Waals surface area contributed by atoms with E-state index in [2.05, 4.69) is 10.3 Å². The highest BCUT2D eigenvalue weighted by Gasteiger charge is 2.22. The maximum atomic E-state index is 12.9. The molecule has 1 N–H and O–H groups in total. The van der Waals surface area contributed by atoms with Gasteiger partial charge in [-0.3, -0.25) is 4.79 Å². The third-order valence-electron chi connectivity index (χ3n) is 5.58. The summed E-state index contributed by atoms with van der Waals surface area (Å²) in [4.78, 5) is 30.0. The summed E-state index contributed by atoms with van der Waals surface area (Å²) in [6, 6.07) is 8.79. The lowest BCUT2D eigenvalue weighted by atomic mass is 9.94. The molecular weight excluding hydrogens is 396 g/mol. The van der Waals surface area contributed by atoms with Crippen LogP contribution in [0, 0.1) is 0 Å². The third kappa shape index (κ3) is 5.22. The minimum atomic E-state index is -0.479. The number of fused-ring (bicyclic) bond motifs is 1. The number of anilines is 1. The summed E-state index contributed by atoms with van der Waals surface area (Å²) < 4.78 is 16.6. The molecule has 1 aromatic heterocycles. The van der Waals surface area contributed by atoms with Crippen molar-refractivity contribution in [1.82, 2.24) is 4.98 Å². The summed E-state index contributed by atoms with van der Waals surface area (Å²) in [6.45, 7) is 3.25. The molecule has 31 heavy (non-hydrogen) atoms. The molecule has 7 nitrogen and oxygen atoms in total. The molecule has 7 heteroatoms. The van der Waals surface area contributed by atoms with Crippen LogP contribution in [0.2, 0.25) is 0 Å². The highest BCUT2D eigenvalue weighted by molar-refractivity contribution is 6.07. The first-order valence-corrected chi connectivity index (χ1v) is 11.0. The van der Waals surface area contributed by atoms with Gasteiger partial charge in [-0.05, 0) is 75.3 Å². The van der Waals surface area contributed by atoms with Gasteiger partial charge in [-0.1, -0.05) is 6.07 Å². The Balaban J connectivity index is 1.52. The number of aryl methyl sites for hydroxylation is 2. The number of amides is 1. The molecule has 0 bridgehead atoms. The number of hydrogen-bond acceptors (Lipinski definition) is 6. The average Bonchev–Trinajstić information content (AvgIpc) is 3.31. The SMILES string of the molecule is CCOC(=O)c1cc2c(nc1NC(=O)c1cccc(OC[C@H]3CCCO3)c1)CCCC2. The molecule has 2 heterocycles. The van der Waals surface area contributed by atoms with Gasteiger partial charge >= 0.3 is 5.97 Å². The Bertz CT molecular complexity index is 953. The number of nitrogens with zero attached hydrogens (tertiary/aromatic N) is 1. The second kappa shape index (κ2) is 9.92. The van der Waals surface area contributed by atoms with Crippen molar-refractivity contribution in [2.75, 3.05) is 25.1 Å². The molecule has 0 spiro atoms. The van der Waals surface area contributed by atoms with E-state index in [4.69, 9.17) is 14.2 Å². The van der Waals surface area contributed by atoms with Gasteiger partial charge in [-0.2, -0.15) is 0 Å². The van der Waals surface area contributed by atoms with Crippen molar-refractivity contribution in [2.45, 2.75) is 51.6 Å². The molecule has 0 radical (unpaired) electrons. The first-order chi connectivity index (χ1) is 15.1. The zero-order valence-corrected chi connectivity index (χ0v) is 17.8. The normalized spacial score (nSPS) is 17.6. The molecular formula is C24H28N2O5. The first kappa shape index (κ1) is 21.3. The summed E-state index contributed by atoms with van der Waals surface area (Å²) in [7, 11) is 0. The lowest BCUT2D eigenvalue weighted by Crippen LogP contribution is -2.20. The number of carbonyl (C=O) groups is 2. The molecule has 0 unspecified atom stereocenters. The van der Waals surface area contributed by atoms with E-state index >= 15 is 0 Å². The van der Waals surface area contributed by atoms with Crippen LogP contribution >= 0.6 is 0 Å². The lowest BCUT2D eigenvalue weighted by Gasteiger charge is -2.18. The van der Waals surface area contributed by atoms with E-state index in [0.29, 0.717) is 23.5 Å². The van der Waals surface area contributed by atoms with Gasteiger partial charge in [0.25, 0.3) is 5.91 Å². The van der Waals surface area contributed by atoms with Gasteiger partial charge in [0.2, 0.25) is 0 Å². The Morgan fingerprint density at radius 2 is 2.06 bits per heavy atom. The van der Waals surface area contributed by atoms with Crippen LogP contribution in [0.4, 0.5) is 5.82 Å². The van der Waals surface area contributed by atoms with Gasteiger partial charge in [-0.15, -0.1) is 0 Å². The molecule has 2 aromatic rings. The monoisotopic (exact) mass is 424 g/mol. The number of pyridine rings is 1. The number of benzene rings is 1. The van der Waals surface area contributed by atoms with Crippen molar-refractivity contribution in [1.29, 1.82) is 0 Å². The molecule has 164 valence electrons. The van der Waals surface area contributed by atoms with Gasteiger partial charge in [0.1, 0.15) is 23.7 Å². The van der Waals surface area contributed by atoms with E-state index < -0.39 is 5.97 Å². The van der Waals surface area contributed by atoms with Crippen molar-refractivity contribution in [3.05, 3.63) is 52.7 Å². The molecule has 1 saturated heterocycles. The molecule has 1 fully saturated rings. The average molecular weight is 424 g/mol. The second-order valence-electron chi connectivity index (χ2n) is 7.85. The van der Waals surface area contributed by atoms with Gasteiger partial charge in [0, 0.05) is 17.9 Å². The number of aromatic nitrogens is 1. The van der Waals surface area contributed by atoms with Crippen molar-refractivity contribution < 1.29 is 23.8 Å². The quantitative estimate of drug-likeness (QED) is 0.678. The third-order valence-corrected chi connectivity index (χ3v) is 5.58. The van der Waals surface area contributed by atoms with Crippen LogP contribution in [0.3, 0.4) is 0 Å². The molecule has 1 aliphatic carbocycles. The minimum Gasteiger partial charge on any atom is -0.491 e. The van der Waals surface area contributed by atoms with Crippen LogP contribution in [0.1, 0.15) is 64.6 Å². The number of esters is 1. The fraction of sp³-hybridized carbons (Fsp3) is 0.458. The Labute approximate surface area is 182 Å². The predicted molar refractivity (Wildman–Crippen MR) is 116 cm³/mol. The van der Waals surface area contributed by atoms with E-state index in [1.165, 1.54) is 0 Å². The smallest absolute Gasteiger partial charge is 0.341 e. The first-order valence-electron chi connectivity index (χ1n) is 11.0. The molecule has 2 aliphatic rings. The topological polar surface area (TPSA) is 86.8 Å². The van der Waals surface area contributed by atoms with Gasteiger partial charge < -0.3 is 19.5 Å². The number of ether oxygens (including phenoxy) is 3. The van der Waals surface area contributed by atoms with Crippen molar-refractivity contribution in [3.63, 3.8) is 0 Å². The van der Waals surface area contributed by atoms with Crippen molar-refractivity contribution >= 4 is 17.7 Å². The predicted octanol–water partition coefficient (Wildman–Crippen LogP) is 3.95. The van der Waals surface area contributed by atoms with E-state index in [1.807, 2.05) is 12.1 Å². The van der Waals surface area contributed by atoms with Crippen LogP contribution in [-0.4, -0.2) is 42.8 Å². The maximum absolute atomic E-state index is 12.9. The maximum Gasteiger partial charge on any atom is 0.341 e. The van der Waals surface area contributed by atoms with Crippen molar-refractivity contribution in [3.8, 4) is 5.75 Å². The summed E-state index contributed by atoms with van der Waals surface area (Å²) in [5, 5.41) is 2.81. The molecule has 1 aliphatic heterocycles. The fourth-order valence-corrected chi connectivity index (χ4v) is 3.97. The second-order valence-corrected chi connectivity index (χ2v) is 7.85. The number of hydrogen-bond donors (Lipinski definition) is 1. The number of carbonyl (C=O) groups excluding carboxylic acids is 2. The molecule has 4 rings (SSSR count). The molecule has 1 atom stereocenters. The Morgan fingerprint density at radius 3 is 2.87 bits per heavy atom. The zero-order chi connectivity index (χ0) is 21.6. The number of nitrogens with one attached hydrogen (secondary N) is 1. The van der Waals surface area contributed by atoms with Gasteiger partial charge in [0.05, 0.1) is 12.7 Å². The van der Waals surface area contributed by atoms with Gasteiger partial charge in [0.15, 0.2) is 0 Å². The van der Waals surface area contributed by atoms with E-state index in [9.17, 15) is 9.59 Å². The number of rotatable bonds is 7. The fourth-order valence-electron chi connectivity index (χ4n) is 3.97. The van der Waals surface area contributed by atoms with Crippen LogP contribution < -0.4 is 10.1 Å². The highest BCUT2D eigenvalue weighted by Crippen LogP contribution is 2.26. The standard InChI is InChI=1S/C24H28N2O5/c1-2-29-24(28)20-14-16-7-3-4-11-21(16)25-22(20)26-23(27)17-8-5-9-18(13-17)31-15-19-10-6-12-30-19/h5,8-9,13-14,19H,2-4,6-7,10-12,15H2,1H3,(H,25,26,27)/t19-/m1/s1. The van der Waals surface area contributed by atoms with Crippen LogP contribution in [0.15, 0.2) is 30.3 Å². The summed E-state index contributed by atoms with van der Waals surface area (Å²) in [6.07, 6.45) is 5.98.